The first-order valence-electron chi connectivity index (χ1n) is 3.28. The number of nitrogens with one attached hydrogen (secondary N) is 3. The van der Waals surface area contributed by atoms with E-state index < -0.39 is 23.1 Å². The Labute approximate surface area is 91.1 Å². The van der Waals surface area contributed by atoms with Crippen molar-refractivity contribution in [2.75, 3.05) is 7.05 Å². The second-order valence-corrected chi connectivity index (χ2v) is 2.46. The molecule has 0 aromatic heterocycles. The highest BCUT2D eigenvalue weighted by Crippen LogP contribution is 1.97. The summed E-state index contributed by atoms with van der Waals surface area (Å²) in [5, 5.41) is 18.7. The van der Waals surface area contributed by atoms with Crippen molar-refractivity contribution in [2.45, 2.75) is 12.5 Å². The van der Waals surface area contributed by atoms with Crippen molar-refractivity contribution >= 4 is 0 Å². The Kier molecular flexibility index (Phi) is 5.45. The van der Waals surface area contributed by atoms with E-state index in [-0.39, 0.29) is 24.0 Å². The molecule has 1 aliphatic rings. The van der Waals surface area contributed by atoms with Crippen LogP contribution in [0.5, 0.6) is 0 Å². The smallest absolute Gasteiger partial charge is 0.331 e. The van der Waals surface area contributed by atoms with Crippen LogP contribution in [0.25, 0.3) is 0 Å². The standard InChI is InChI=1S/C3H11N5O4.HI/c1-6-2(11-7(4)9)3(6)12-8(5)10;/h2-3,7-8H,4-5H2,1H3;1H. The van der Waals surface area contributed by atoms with E-state index in [9.17, 15) is 10.4 Å². The zero-order chi connectivity index (χ0) is 9.30. The van der Waals surface area contributed by atoms with Gasteiger partial charge in [0.05, 0.1) is 7.05 Å². The molecule has 0 spiro atoms. The van der Waals surface area contributed by atoms with Gasteiger partial charge >= 0.3 is 12.5 Å². The summed E-state index contributed by atoms with van der Waals surface area (Å²) in [6, 6.07) is 0. The van der Waals surface area contributed by atoms with Crippen LogP contribution < -0.4 is 51.2 Å². The van der Waals surface area contributed by atoms with E-state index in [2.05, 4.69) is 9.68 Å². The van der Waals surface area contributed by atoms with Crippen LogP contribution in [0.3, 0.4) is 0 Å². The molecular formula is C3H12IN5O4. The fourth-order valence-electron chi connectivity index (χ4n) is 0.886. The van der Waals surface area contributed by atoms with Gasteiger partial charge < -0.3 is 34.4 Å². The maximum Gasteiger partial charge on any atom is 0.331 e. The molecular weight excluding hydrogens is 297 g/mol. The van der Waals surface area contributed by atoms with Crippen LogP contribution in [0.2, 0.25) is 0 Å². The Balaban J connectivity index is 0.00000144. The van der Waals surface area contributed by atoms with E-state index in [1.54, 1.807) is 7.05 Å². The van der Waals surface area contributed by atoms with Gasteiger partial charge in [-0.2, -0.15) is 0 Å². The average Bonchev–Trinajstić information content (AvgIpc) is 2.43. The Hall–Kier alpha value is 0.370. The molecule has 0 aromatic rings. The van der Waals surface area contributed by atoms with Crippen LogP contribution in [0.15, 0.2) is 0 Å². The summed E-state index contributed by atoms with van der Waals surface area (Å²) in [6.45, 7) is 0. The summed E-state index contributed by atoms with van der Waals surface area (Å²) >= 11 is 0. The summed E-state index contributed by atoms with van der Waals surface area (Å²) < 4.78 is 0. The van der Waals surface area contributed by atoms with E-state index >= 15 is 0 Å². The first kappa shape index (κ1) is 13.4. The number of likely N-dealkylation sites (N-methyl/N-ethyl adjacent to an activating group) is 1. The first-order valence-corrected chi connectivity index (χ1v) is 3.28. The number of halogens is 1. The van der Waals surface area contributed by atoms with Crippen molar-refractivity contribution in [3.05, 3.63) is 10.4 Å². The van der Waals surface area contributed by atoms with Crippen molar-refractivity contribution in [1.29, 1.82) is 0 Å². The van der Waals surface area contributed by atoms with Gasteiger partial charge in [0.25, 0.3) is 0 Å². The first-order chi connectivity index (χ1) is 5.52. The van der Waals surface area contributed by atoms with Gasteiger partial charge in [0.15, 0.2) is 0 Å². The molecule has 80 valence electrons. The fraction of sp³-hybridized carbons (Fsp3) is 1.00. The molecule has 1 rings (SSSR count). The van der Waals surface area contributed by atoms with Crippen LogP contribution in [0, 0.1) is 10.4 Å². The van der Waals surface area contributed by atoms with Gasteiger partial charge in [0.1, 0.15) is 0 Å². The van der Waals surface area contributed by atoms with Crippen LogP contribution in [-0.4, -0.2) is 19.5 Å². The minimum Gasteiger partial charge on any atom is -1.00 e. The summed E-state index contributed by atoms with van der Waals surface area (Å²) in [5.41, 5.74) is 0. The van der Waals surface area contributed by atoms with Crippen LogP contribution in [0.1, 0.15) is 0 Å². The molecule has 0 bridgehead atoms. The second-order valence-electron chi connectivity index (χ2n) is 2.46. The zero-order valence-corrected chi connectivity index (χ0v) is 8.98. The minimum atomic E-state index is -0.894. The van der Waals surface area contributed by atoms with Crippen molar-refractivity contribution in [3.63, 3.8) is 0 Å². The highest BCUT2D eigenvalue weighted by molar-refractivity contribution is 4.55. The van der Waals surface area contributed by atoms with Gasteiger partial charge in [-0.15, -0.1) is 32.0 Å². The normalized spacial score (nSPS) is 36.2. The molecule has 0 aromatic carbocycles. The van der Waals surface area contributed by atoms with Gasteiger partial charge in [-0.25, -0.2) is 0 Å². The predicted octanol–water partition coefficient (Wildman–Crippen LogP) is -9.45. The molecule has 1 fully saturated rings. The molecule has 0 saturated carbocycles. The number of rotatable bonds is 4. The molecule has 13 heavy (non-hydrogen) atoms. The van der Waals surface area contributed by atoms with Crippen LogP contribution in [0.4, 0.5) is 0 Å². The van der Waals surface area contributed by atoms with Crippen molar-refractivity contribution in [3.8, 4) is 0 Å². The third-order valence-electron chi connectivity index (χ3n) is 1.55. The Morgan fingerprint density at radius 2 is 1.46 bits per heavy atom. The quantitative estimate of drug-likeness (QED) is 0.152. The second kappa shape index (κ2) is 5.30. The van der Waals surface area contributed by atoms with E-state index in [0.29, 0.717) is 0 Å². The number of hydrogen-bond donors (Lipinski definition) is 5. The van der Waals surface area contributed by atoms with Gasteiger partial charge in [-0.3, -0.25) is 4.90 Å². The maximum absolute atomic E-state index is 10.2. The lowest BCUT2D eigenvalue weighted by atomic mass is 10.8. The molecule has 1 saturated heterocycles. The van der Waals surface area contributed by atoms with Crippen molar-refractivity contribution in [2.24, 2.45) is 11.7 Å². The number of nitrogens with two attached hydrogens (primary N) is 2. The lowest BCUT2D eigenvalue weighted by Crippen LogP contribution is -3.14. The Bertz CT molecular complexity index is 143. The molecule has 1 aliphatic heterocycles. The van der Waals surface area contributed by atoms with Crippen LogP contribution in [-0.2, 0) is 9.68 Å². The molecule has 1 heterocycles. The van der Waals surface area contributed by atoms with Crippen molar-refractivity contribution < 1.29 is 49.2 Å². The monoisotopic (exact) mass is 309 g/mol. The highest BCUT2D eigenvalue weighted by Gasteiger charge is 2.60. The SMILES string of the molecule is C[NH+]1C(O[NH+](N)[O-])C1O[NH+](N)[O-].[I-]. The number of hydrogen-bond acceptors (Lipinski definition) is 6. The van der Waals surface area contributed by atoms with Gasteiger partial charge in [-0.1, -0.05) is 0 Å². The molecule has 0 amide bonds. The number of quaternary nitrogens is 3. The van der Waals surface area contributed by atoms with E-state index in [4.69, 9.17) is 11.7 Å². The lowest BCUT2D eigenvalue weighted by molar-refractivity contribution is -1.09. The van der Waals surface area contributed by atoms with Gasteiger partial charge in [0, 0.05) is 0 Å². The molecule has 10 heteroatoms. The van der Waals surface area contributed by atoms with Gasteiger partial charge in [0.2, 0.25) is 0 Å². The largest absolute Gasteiger partial charge is 1.00 e. The molecule has 7 N–H and O–H groups in total. The molecule has 4 atom stereocenters. The lowest BCUT2D eigenvalue weighted by Gasteiger charge is -2.09. The third-order valence-corrected chi connectivity index (χ3v) is 1.55. The Morgan fingerprint density at radius 1 is 1.15 bits per heavy atom. The Morgan fingerprint density at radius 3 is 1.69 bits per heavy atom. The predicted molar refractivity (Wildman–Crippen MR) is 33.7 cm³/mol. The van der Waals surface area contributed by atoms with E-state index in [1.807, 2.05) is 0 Å². The summed E-state index contributed by atoms with van der Waals surface area (Å²) in [5.74, 6) is 9.48. The van der Waals surface area contributed by atoms with Crippen molar-refractivity contribution in [1.82, 2.24) is 0 Å². The van der Waals surface area contributed by atoms with E-state index in [1.165, 1.54) is 0 Å². The zero-order valence-electron chi connectivity index (χ0n) is 6.82. The minimum absolute atomic E-state index is 0. The summed E-state index contributed by atoms with van der Waals surface area (Å²) in [6.07, 6.45) is -1.04. The summed E-state index contributed by atoms with van der Waals surface area (Å²) in [4.78, 5) is 9.84. The summed E-state index contributed by atoms with van der Waals surface area (Å²) in [7, 11) is 1.68. The maximum atomic E-state index is 10.2. The van der Waals surface area contributed by atoms with E-state index in [0.717, 1.165) is 4.90 Å². The molecule has 0 radical (unpaired) electrons. The molecule has 9 nitrogen and oxygen atoms in total. The topological polar surface area (TPSA) is 130 Å². The molecule has 0 aliphatic carbocycles. The van der Waals surface area contributed by atoms with Gasteiger partial charge in [-0.05, 0) is 0 Å². The molecule has 4 unspecified atom stereocenters. The third kappa shape index (κ3) is 3.94. The highest BCUT2D eigenvalue weighted by atomic mass is 127. The fourth-order valence-corrected chi connectivity index (χ4v) is 0.886. The van der Waals surface area contributed by atoms with Crippen LogP contribution >= 0.6 is 0 Å². The average molecular weight is 309 g/mol.